The highest BCUT2D eigenvalue weighted by Crippen LogP contribution is 2.26. The average Bonchev–Trinajstić information content (AvgIpc) is 3.28. The Morgan fingerprint density at radius 2 is 1.86 bits per heavy atom. The number of ether oxygens (including phenoxy) is 1. The Labute approximate surface area is 216 Å². The predicted molar refractivity (Wildman–Crippen MR) is 139 cm³/mol. The summed E-state index contributed by atoms with van der Waals surface area (Å²) in [5.74, 6) is 0.922. The van der Waals surface area contributed by atoms with Crippen LogP contribution in [-0.2, 0) is 11.4 Å². The molecule has 0 saturated heterocycles. The molecule has 1 aromatic heterocycles. The second-order valence-corrected chi connectivity index (χ2v) is 9.21. The van der Waals surface area contributed by atoms with Gasteiger partial charge in [-0.3, -0.25) is 19.5 Å². The van der Waals surface area contributed by atoms with Gasteiger partial charge in [-0.05, 0) is 55.8 Å². The highest BCUT2D eigenvalue weighted by atomic mass is 35.5. The average molecular weight is 524 g/mol. The van der Waals surface area contributed by atoms with Crippen LogP contribution < -0.4 is 10.1 Å². The summed E-state index contributed by atoms with van der Waals surface area (Å²) >= 11 is 7.30. The number of nitro groups is 1. The Morgan fingerprint density at radius 3 is 2.58 bits per heavy atom. The minimum absolute atomic E-state index is 0.0316. The van der Waals surface area contributed by atoms with Gasteiger partial charge in [0.2, 0.25) is 5.91 Å². The third-order valence-corrected chi connectivity index (χ3v) is 6.59. The summed E-state index contributed by atoms with van der Waals surface area (Å²) in [6.07, 6.45) is 0. The number of nitro benzene ring substituents is 1. The molecule has 0 unspecified atom stereocenters. The van der Waals surface area contributed by atoms with Crippen LogP contribution in [0.5, 0.6) is 5.75 Å². The largest absolute Gasteiger partial charge is 0.486 e. The predicted octanol–water partition coefficient (Wildman–Crippen LogP) is 5.76. The van der Waals surface area contributed by atoms with Crippen molar-refractivity contribution in [2.75, 3.05) is 11.1 Å². The van der Waals surface area contributed by atoms with Crippen molar-refractivity contribution >= 4 is 40.6 Å². The molecule has 11 heteroatoms. The lowest BCUT2D eigenvalue weighted by Gasteiger charge is -2.12. The van der Waals surface area contributed by atoms with Crippen LogP contribution in [0, 0.1) is 24.0 Å². The Morgan fingerprint density at radius 1 is 1.08 bits per heavy atom. The number of nitrogens with zero attached hydrogens (tertiary/aromatic N) is 4. The van der Waals surface area contributed by atoms with E-state index >= 15 is 0 Å². The number of benzene rings is 3. The van der Waals surface area contributed by atoms with Crippen molar-refractivity contribution in [3.05, 3.63) is 98.8 Å². The van der Waals surface area contributed by atoms with Crippen molar-refractivity contribution in [3.63, 3.8) is 0 Å². The number of carbonyl (C=O) groups excluding carboxylic acids is 1. The first-order valence-corrected chi connectivity index (χ1v) is 12.2. The molecular formula is C25H22ClN5O4S. The van der Waals surface area contributed by atoms with Crippen LogP contribution in [-0.4, -0.2) is 31.3 Å². The molecule has 3 aromatic carbocycles. The Hall–Kier alpha value is -3.89. The zero-order chi connectivity index (χ0) is 25.7. The molecule has 0 spiro atoms. The molecule has 0 bridgehead atoms. The van der Waals surface area contributed by atoms with Crippen molar-refractivity contribution in [3.8, 4) is 11.4 Å². The van der Waals surface area contributed by atoms with Gasteiger partial charge in [0.15, 0.2) is 11.0 Å². The molecule has 1 amide bonds. The fourth-order valence-electron chi connectivity index (χ4n) is 3.39. The highest BCUT2D eigenvalue weighted by Gasteiger charge is 2.18. The summed E-state index contributed by atoms with van der Waals surface area (Å²) in [4.78, 5) is 23.3. The molecule has 4 rings (SSSR count). The minimum atomic E-state index is -0.475. The van der Waals surface area contributed by atoms with Gasteiger partial charge in [0, 0.05) is 28.0 Å². The zero-order valence-corrected chi connectivity index (χ0v) is 21.0. The van der Waals surface area contributed by atoms with Crippen LogP contribution in [0.25, 0.3) is 5.69 Å². The van der Waals surface area contributed by atoms with Crippen LogP contribution in [0.1, 0.15) is 17.0 Å². The van der Waals surface area contributed by atoms with E-state index < -0.39 is 4.92 Å². The number of halogens is 1. The molecule has 0 aliphatic carbocycles. The van der Waals surface area contributed by atoms with Gasteiger partial charge in [-0.25, -0.2) is 0 Å². The van der Waals surface area contributed by atoms with Crippen LogP contribution in [0.15, 0.2) is 71.9 Å². The van der Waals surface area contributed by atoms with Gasteiger partial charge >= 0.3 is 0 Å². The molecule has 0 aliphatic heterocycles. The number of amides is 1. The number of thioether (sulfide) groups is 1. The van der Waals surface area contributed by atoms with E-state index in [1.165, 1.54) is 17.8 Å². The summed E-state index contributed by atoms with van der Waals surface area (Å²) in [6, 6.07) is 19.5. The summed E-state index contributed by atoms with van der Waals surface area (Å²) in [5, 5.41) is 23.6. The fourth-order valence-corrected chi connectivity index (χ4v) is 4.28. The van der Waals surface area contributed by atoms with E-state index in [0.29, 0.717) is 33.0 Å². The Kier molecular flexibility index (Phi) is 7.87. The van der Waals surface area contributed by atoms with Gasteiger partial charge in [-0.15, -0.1) is 10.2 Å². The molecule has 9 nitrogen and oxygen atoms in total. The standard InChI is InChI=1S/C25H22ClN5O4S/c1-16-8-9-18(13-22(16)31(33)34)27-24(32)15-36-25-29-28-23(30(25)19-6-4-3-5-7-19)14-35-20-10-11-21(26)17(2)12-20/h3-13H,14-15H2,1-2H3,(H,27,32). The van der Waals surface area contributed by atoms with Crippen molar-refractivity contribution < 1.29 is 14.5 Å². The quantitative estimate of drug-likeness (QED) is 0.169. The number of hydrogen-bond acceptors (Lipinski definition) is 7. The lowest BCUT2D eigenvalue weighted by atomic mass is 10.2. The van der Waals surface area contributed by atoms with E-state index in [9.17, 15) is 14.9 Å². The van der Waals surface area contributed by atoms with E-state index in [4.69, 9.17) is 16.3 Å². The third-order valence-electron chi connectivity index (χ3n) is 5.23. The lowest BCUT2D eigenvalue weighted by Crippen LogP contribution is -2.15. The van der Waals surface area contributed by atoms with Gasteiger partial charge in [-0.2, -0.15) is 0 Å². The molecule has 0 radical (unpaired) electrons. The molecule has 0 fully saturated rings. The Balaban J connectivity index is 1.49. The number of anilines is 1. The van der Waals surface area contributed by atoms with Crippen molar-refractivity contribution in [1.82, 2.24) is 14.8 Å². The van der Waals surface area contributed by atoms with Crippen LogP contribution in [0.2, 0.25) is 5.02 Å². The highest BCUT2D eigenvalue weighted by molar-refractivity contribution is 7.99. The van der Waals surface area contributed by atoms with Crippen molar-refractivity contribution in [2.24, 2.45) is 0 Å². The van der Waals surface area contributed by atoms with Gasteiger partial charge in [0.1, 0.15) is 12.4 Å². The maximum Gasteiger partial charge on any atom is 0.274 e. The molecule has 0 atom stereocenters. The molecule has 0 aliphatic rings. The van der Waals surface area contributed by atoms with Crippen LogP contribution in [0.3, 0.4) is 0 Å². The van der Waals surface area contributed by atoms with E-state index in [1.54, 1.807) is 31.2 Å². The topological polar surface area (TPSA) is 112 Å². The number of rotatable bonds is 9. The number of aromatic nitrogens is 3. The first kappa shape index (κ1) is 25.2. The summed E-state index contributed by atoms with van der Waals surface area (Å²) in [5.41, 5.74) is 2.55. The van der Waals surface area contributed by atoms with E-state index in [0.717, 1.165) is 11.3 Å². The minimum Gasteiger partial charge on any atom is -0.486 e. The maximum absolute atomic E-state index is 12.6. The van der Waals surface area contributed by atoms with Crippen molar-refractivity contribution in [1.29, 1.82) is 0 Å². The number of nitrogens with one attached hydrogen (secondary N) is 1. The smallest absolute Gasteiger partial charge is 0.274 e. The van der Waals surface area contributed by atoms with Gasteiger partial charge < -0.3 is 10.1 Å². The summed E-state index contributed by atoms with van der Waals surface area (Å²) < 4.78 is 7.75. The van der Waals surface area contributed by atoms with Crippen molar-refractivity contribution in [2.45, 2.75) is 25.6 Å². The third kappa shape index (κ3) is 6.02. The molecule has 36 heavy (non-hydrogen) atoms. The monoisotopic (exact) mass is 523 g/mol. The normalized spacial score (nSPS) is 10.8. The second kappa shape index (κ2) is 11.2. The molecule has 1 heterocycles. The molecule has 1 N–H and O–H groups in total. The van der Waals surface area contributed by atoms with Gasteiger partial charge in [-0.1, -0.05) is 47.6 Å². The first-order chi connectivity index (χ1) is 17.3. The second-order valence-electron chi connectivity index (χ2n) is 7.86. The Bertz CT molecular complexity index is 1410. The number of aryl methyl sites for hydroxylation is 2. The van der Waals surface area contributed by atoms with E-state index in [1.807, 2.05) is 47.9 Å². The van der Waals surface area contributed by atoms with E-state index in [2.05, 4.69) is 15.5 Å². The number of hydrogen-bond donors (Lipinski definition) is 1. The van der Waals surface area contributed by atoms with E-state index in [-0.39, 0.29) is 24.0 Å². The molecular weight excluding hydrogens is 502 g/mol. The van der Waals surface area contributed by atoms with Gasteiger partial charge in [0.05, 0.1) is 10.7 Å². The first-order valence-electron chi connectivity index (χ1n) is 10.9. The molecule has 0 saturated carbocycles. The SMILES string of the molecule is Cc1cc(OCc2nnc(SCC(=O)Nc3ccc(C)c([N+](=O)[O-])c3)n2-c2ccccc2)ccc1Cl. The molecule has 4 aromatic rings. The molecule has 184 valence electrons. The summed E-state index contributed by atoms with van der Waals surface area (Å²) in [7, 11) is 0. The maximum atomic E-state index is 12.6. The van der Waals surface area contributed by atoms with Crippen LogP contribution in [0.4, 0.5) is 11.4 Å². The summed E-state index contributed by atoms with van der Waals surface area (Å²) in [6.45, 7) is 3.70. The fraction of sp³-hybridized carbons (Fsp3) is 0.160. The van der Waals surface area contributed by atoms with Crippen LogP contribution >= 0.6 is 23.4 Å². The zero-order valence-electron chi connectivity index (χ0n) is 19.5. The number of carbonyl (C=O) groups is 1. The number of para-hydroxylation sites is 1. The lowest BCUT2D eigenvalue weighted by molar-refractivity contribution is -0.385. The van der Waals surface area contributed by atoms with Gasteiger partial charge in [0.25, 0.3) is 5.69 Å².